The molecule has 0 unspecified atom stereocenters. The molecule has 4 aromatic rings. The smallest absolute Gasteiger partial charge is 0.407 e. The van der Waals surface area contributed by atoms with Crippen LogP contribution in [0.3, 0.4) is 0 Å². The Kier molecular flexibility index (Phi) is 7.03. The van der Waals surface area contributed by atoms with Gasteiger partial charge in [0.25, 0.3) is 0 Å². The highest BCUT2D eigenvalue weighted by Gasteiger charge is 2.21. The lowest BCUT2D eigenvalue weighted by molar-refractivity contribution is 0.0608. The topological polar surface area (TPSA) is 89.1 Å². The number of hydrogen-bond donors (Lipinski definition) is 2. The van der Waals surface area contributed by atoms with Crippen LogP contribution in [0.25, 0.3) is 22.0 Å². The molecule has 0 saturated heterocycles. The summed E-state index contributed by atoms with van der Waals surface area (Å²) in [7, 11) is 0. The van der Waals surface area contributed by atoms with Gasteiger partial charge in [0, 0.05) is 22.9 Å². The van der Waals surface area contributed by atoms with E-state index in [1.165, 1.54) is 0 Å². The number of carbonyl (C=O) groups is 1. The van der Waals surface area contributed by atoms with Crippen LogP contribution in [0.2, 0.25) is 5.15 Å². The third kappa shape index (κ3) is 6.26. The van der Waals surface area contributed by atoms with Gasteiger partial charge >= 0.3 is 6.09 Å². The fraction of sp³-hybridized carbons (Fsp3) is 0.269. The van der Waals surface area contributed by atoms with Crippen LogP contribution < -0.4 is 10.1 Å². The highest BCUT2D eigenvalue weighted by atomic mass is 35.5. The molecule has 0 bridgehead atoms. The number of fused-ring (bicyclic) bond motifs is 1. The van der Waals surface area contributed by atoms with Crippen LogP contribution in [0.15, 0.2) is 67.0 Å². The van der Waals surface area contributed by atoms with Gasteiger partial charge in [-0.1, -0.05) is 48.0 Å². The first-order valence-electron chi connectivity index (χ1n) is 11.0. The molecule has 0 spiro atoms. The highest BCUT2D eigenvalue weighted by Crippen LogP contribution is 2.31. The number of hydrogen-bond acceptors (Lipinski definition) is 5. The Labute approximate surface area is 203 Å². The number of aromatic nitrogens is 3. The number of nitrogens with one attached hydrogen (secondary N) is 2. The van der Waals surface area contributed by atoms with Crippen molar-refractivity contribution in [3.8, 4) is 16.9 Å². The SMILES string of the molecule is CC(C)(C)NC(=O)O[C@H](COc1cnc(Cl)c(-c2ccc3[nH]ncc3c2)c1)Cc1ccccc1. The number of alkyl carbamates (subject to hydrolysis) is 1. The zero-order chi connectivity index (χ0) is 24.1. The van der Waals surface area contributed by atoms with Gasteiger partial charge in [-0.3, -0.25) is 5.10 Å². The van der Waals surface area contributed by atoms with Crippen LogP contribution in [0.5, 0.6) is 5.75 Å². The average molecular weight is 479 g/mol. The predicted octanol–water partition coefficient (Wildman–Crippen LogP) is 5.79. The highest BCUT2D eigenvalue weighted by molar-refractivity contribution is 6.32. The second-order valence-corrected chi connectivity index (χ2v) is 9.44. The number of H-pyrrole nitrogens is 1. The van der Waals surface area contributed by atoms with Gasteiger partial charge in [-0.2, -0.15) is 5.10 Å². The lowest BCUT2D eigenvalue weighted by Gasteiger charge is -2.24. The van der Waals surface area contributed by atoms with E-state index in [0.717, 1.165) is 27.6 Å². The first-order valence-corrected chi connectivity index (χ1v) is 11.4. The van der Waals surface area contributed by atoms with Gasteiger partial charge in [0.2, 0.25) is 0 Å². The molecule has 0 fully saturated rings. The zero-order valence-electron chi connectivity index (χ0n) is 19.3. The molecule has 1 atom stereocenters. The summed E-state index contributed by atoms with van der Waals surface area (Å²) < 4.78 is 11.7. The normalized spacial score (nSPS) is 12.4. The molecule has 8 heteroatoms. The number of ether oxygens (including phenoxy) is 2. The first kappa shape index (κ1) is 23.6. The predicted molar refractivity (Wildman–Crippen MR) is 133 cm³/mol. The summed E-state index contributed by atoms with van der Waals surface area (Å²) >= 11 is 6.39. The molecule has 0 radical (unpaired) electrons. The fourth-order valence-corrected chi connectivity index (χ4v) is 3.72. The fourth-order valence-electron chi connectivity index (χ4n) is 3.51. The van der Waals surface area contributed by atoms with Gasteiger partial charge in [0.1, 0.15) is 23.6 Å². The summed E-state index contributed by atoms with van der Waals surface area (Å²) in [5.41, 5.74) is 3.23. The molecule has 2 N–H and O–H groups in total. The van der Waals surface area contributed by atoms with Gasteiger partial charge in [0.15, 0.2) is 0 Å². The third-order valence-electron chi connectivity index (χ3n) is 5.06. The Morgan fingerprint density at radius 2 is 1.91 bits per heavy atom. The molecular weight excluding hydrogens is 452 g/mol. The molecule has 4 rings (SSSR count). The minimum absolute atomic E-state index is 0.163. The molecule has 2 heterocycles. The van der Waals surface area contributed by atoms with Crippen molar-refractivity contribution in [1.29, 1.82) is 0 Å². The van der Waals surface area contributed by atoms with Crippen molar-refractivity contribution in [3.05, 3.63) is 77.7 Å². The summed E-state index contributed by atoms with van der Waals surface area (Å²) in [6.45, 7) is 5.87. The standard InChI is InChI=1S/C26H27ClN4O3/c1-26(2,3)30-25(32)34-21(11-17-7-5-4-6-8-17)16-33-20-13-22(24(27)28-15-20)18-9-10-23-19(12-18)14-29-31-23/h4-10,12-15,21H,11,16H2,1-3H3,(H,29,31)(H,30,32)/t21-/m0/s1. The molecule has 7 nitrogen and oxygen atoms in total. The van der Waals surface area contributed by atoms with Crippen LogP contribution in [0.4, 0.5) is 4.79 Å². The molecule has 0 aliphatic rings. The third-order valence-corrected chi connectivity index (χ3v) is 5.36. The Balaban J connectivity index is 1.50. The number of pyridine rings is 1. The Morgan fingerprint density at radius 1 is 1.12 bits per heavy atom. The van der Waals surface area contributed by atoms with Crippen molar-refractivity contribution in [2.24, 2.45) is 0 Å². The molecule has 2 aromatic heterocycles. The van der Waals surface area contributed by atoms with Gasteiger partial charge in [-0.25, -0.2) is 9.78 Å². The van der Waals surface area contributed by atoms with E-state index in [0.29, 0.717) is 17.3 Å². The minimum atomic E-state index is -0.494. The van der Waals surface area contributed by atoms with Crippen molar-refractivity contribution in [2.75, 3.05) is 6.61 Å². The lowest BCUT2D eigenvalue weighted by Crippen LogP contribution is -2.43. The molecule has 34 heavy (non-hydrogen) atoms. The number of rotatable bonds is 7. The van der Waals surface area contributed by atoms with E-state index in [-0.39, 0.29) is 6.61 Å². The molecule has 0 aliphatic carbocycles. The maximum absolute atomic E-state index is 12.4. The van der Waals surface area contributed by atoms with E-state index in [1.807, 2.05) is 75.4 Å². The number of nitrogens with zero attached hydrogens (tertiary/aromatic N) is 2. The van der Waals surface area contributed by atoms with Crippen molar-refractivity contribution < 1.29 is 14.3 Å². The minimum Gasteiger partial charge on any atom is -0.488 e. The van der Waals surface area contributed by atoms with E-state index in [4.69, 9.17) is 21.1 Å². The second-order valence-electron chi connectivity index (χ2n) is 9.08. The van der Waals surface area contributed by atoms with Crippen LogP contribution >= 0.6 is 11.6 Å². The Bertz CT molecular complexity index is 1270. The number of benzene rings is 2. The van der Waals surface area contributed by atoms with Gasteiger partial charge < -0.3 is 14.8 Å². The van der Waals surface area contributed by atoms with Gasteiger partial charge in [-0.05, 0) is 50.1 Å². The quantitative estimate of drug-likeness (QED) is 0.328. The molecule has 176 valence electrons. The van der Waals surface area contributed by atoms with Crippen LogP contribution in [0.1, 0.15) is 26.3 Å². The van der Waals surface area contributed by atoms with Crippen molar-refractivity contribution in [1.82, 2.24) is 20.5 Å². The number of aromatic amines is 1. The summed E-state index contributed by atoms with van der Waals surface area (Å²) in [6, 6.07) is 17.6. The molecule has 0 aliphatic heterocycles. The van der Waals surface area contributed by atoms with E-state index in [9.17, 15) is 4.79 Å². The number of halogens is 1. The van der Waals surface area contributed by atoms with Crippen molar-refractivity contribution >= 4 is 28.6 Å². The molecule has 0 saturated carbocycles. The molecular formula is C26H27ClN4O3. The monoisotopic (exact) mass is 478 g/mol. The van der Waals surface area contributed by atoms with E-state index in [1.54, 1.807) is 12.4 Å². The molecule has 1 amide bonds. The summed E-state index contributed by atoms with van der Waals surface area (Å²) in [5.74, 6) is 0.532. The lowest BCUT2D eigenvalue weighted by atomic mass is 10.1. The second kappa shape index (κ2) is 10.1. The Morgan fingerprint density at radius 3 is 2.68 bits per heavy atom. The zero-order valence-corrected chi connectivity index (χ0v) is 20.1. The van der Waals surface area contributed by atoms with Crippen LogP contribution in [0, 0.1) is 0 Å². The number of carbonyl (C=O) groups excluding carboxylic acids is 1. The molecule has 2 aromatic carbocycles. The van der Waals surface area contributed by atoms with Gasteiger partial charge in [0.05, 0.1) is 17.9 Å². The van der Waals surface area contributed by atoms with E-state index in [2.05, 4.69) is 20.5 Å². The average Bonchev–Trinajstić information content (AvgIpc) is 3.25. The van der Waals surface area contributed by atoms with E-state index < -0.39 is 17.7 Å². The largest absolute Gasteiger partial charge is 0.488 e. The van der Waals surface area contributed by atoms with Crippen LogP contribution in [-0.2, 0) is 11.2 Å². The maximum Gasteiger partial charge on any atom is 0.407 e. The van der Waals surface area contributed by atoms with Crippen molar-refractivity contribution in [3.63, 3.8) is 0 Å². The van der Waals surface area contributed by atoms with E-state index >= 15 is 0 Å². The Hall–Kier alpha value is -3.58. The summed E-state index contributed by atoms with van der Waals surface area (Å²) in [6.07, 6.45) is 2.86. The summed E-state index contributed by atoms with van der Waals surface area (Å²) in [4.78, 5) is 16.7. The van der Waals surface area contributed by atoms with Crippen LogP contribution in [-0.4, -0.2) is 39.5 Å². The number of amides is 1. The van der Waals surface area contributed by atoms with Gasteiger partial charge in [-0.15, -0.1) is 0 Å². The maximum atomic E-state index is 12.4. The summed E-state index contributed by atoms with van der Waals surface area (Å²) in [5, 5.41) is 11.2. The van der Waals surface area contributed by atoms with Crippen molar-refractivity contribution in [2.45, 2.75) is 38.8 Å². The first-order chi connectivity index (χ1) is 16.3.